The van der Waals surface area contributed by atoms with Gasteiger partial charge in [0.2, 0.25) is 5.91 Å². The minimum atomic E-state index is -0.275. The number of carbonyl (C=O) groups excluding carboxylic acids is 1. The molecule has 0 saturated carbocycles. The molecule has 37 heavy (non-hydrogen) atoms. The number of pyridine rings is 1. The maximum absolute atomic E-state index is 12.8. The molecule has 1 amide bonds. The van der Waals surface area contributed by atoms with Crippen LogP contribution in [0.2, 0.25) is 5.02 Å². The van der Waals surface area contributed by atoms with Crippen molar-refractivity contribution in [3.05, 3.63) is 107 Å². The van der Waals surface area contributed by atoms with Crippen molar-refractivity contribution >= 4 is 40.5 Å². The SMILES string of the molecule is Cc1ccc(-c2ccc([C@@H]3[C@H](c4ccccn4)NC(=S)N3CCC(=O)Nc3ccccc3C)o2)cc1Cl. The Bertz CT molecular complexity index is 1440. The van der Waals surface area contributed by atoms with E-state index in [1.54, 1.807) is 6.20 Å². The van der Waals surface area contributed by atoms with Crippen molar-refractivity contribution in [2.75, 3.05) is 11.9 Å². The van der Waals surface area contributed by atoms with Gasteiger partial charge in [0.1, 0.15) is 17.6 Å². The van der Waals surface area contributed by atoms with Crippen molar-refractivity contribution < 1.29 is 9.21 Å². The predicted octanol–water partition coefficient (Wildman–Crippen LogP) is 6.61. The summed E-state index contributed by atoms with van der Waals surface area (Å²) in [7, 11) is 0. The molecule has 0 aliphatic carbocycles. The van der Waals surface area contributed by atoms with Gasteiger partial charge in [-0.25, -0.2) is 0 Å². The van der Waals surface area contributed by atoms with Crippen LogP contribution in [-0.2, 0) is 4.79 Å². The zero-order valence-electron chi connectivity index (χ0n) is 20.6. The van der Waals surface area contributed by atoms with E-state index in [0.717, 1.165) is 33.8 Å². The van der Waals surface area contributed by atoms with Gasteiger partial charge in [0.15, 0.2) is 5.11 Å². The second kappa shape index (κ2) is 10.7. The second-order valence-electron chi connectivity index (χ2n) is 9.10. The van der Waals surface area contributed by atoms with Crippen molar-refractivity contribution in [3.63, 3.8) is 0 Å². The van der Waals surface area contributed by atoms with Crippen LogP contribution in [0.15, 0.2) is 83.4 Å². The Morgan fingerprint density at radius 1 is 1.08 bits per heavy atom. The minimum Gasteiger partial charge on any atom is -0.459 e. The highest BCUT2D eigenvalue weighted by Crippen LogP contribution is 2.40. The van der Waals surface area contributed by atoms with Crippen LogP contribution < -0.4 is 10.6 Å². The summed E-state index contributed by atoms with van der Waals surface area (Å²) in [5, 5.41) is 7.65. The second-order valence-corrected chi connectivity index (χ2v) is 9.89. The van der Waals surface area contributed by atoms with Crippen LogP contribution in [0.25, 0.3) is 11.3 Å². The van der Waals surface area contributed by atoms with E-state index in [4.69, 9.17) is 28.2 Å². The van der Waals surface area contributed by atoms with Crippen LogP contribution in [0, 0.1) is 13.8 Å². The average molecular weight is 531 g/mol. The molecule has 2 N–H and O–H groups in total. The van der Waals surface area contributed by atoms with Gasteiger partial charge in [-0.15, -0.1) is 0 Å². The minimum absolute atomic E-state index is 0.0773. The number of furan rings is 1. The number of rotatable bonds is 7. The third kappa shape index (κ3) is 5.38. The molecule has 8 heteroatoms. The van der Waals surface area contributed by atoms with E-state index in [1.165, 1.54) is 0 Å². The average Bonchev–Trinajstić information content (AvgIpc) is 3.51. The highest BCUT2D eigenvalue weighted by Gasteiger charge is 2.41. The number of nitrogens with zero attached hydrogens (tertiary/aromatic N) is 2. The van der Waals surface area contributed by atoms with Crippen molar-refractivity contribution in [2.24, 2.45) is 0 Å². The maximum Gasteiger partial charge on any atom is 0.226 e. The number of nitrogens with one attached hydrogen (secondary N) is 2. The van der Waals surface area contributed by atoms with E-state index < -0.39 is 0 Å². The Kier molecular flexibility index (Phi) is 7.26. The van der Waals surface area contributed by atoms with Gasteiger partial charge in [-0.1, -0.05) is 48.0 Å². The number of anilines is 1. The number of thiocarbonyl (C=S) groups is 1. The molecule has 3 heterocycles. The molecule has 2 aromatic carbocycles. The summed E-state index contributed by atoms with van der Waals surface area (Å²) in [5.74, 6) is 1.37. The van der Waals surface area contributed by atoms with Gasteiger partial charge in [0.25, 0.3) is 0 Å². The summed E-state index contributed by atoms with van der Waals surface area (Å²) in [6, 6.07) is 22.8. The number of benzene rings is 2. The fourth-order valence-electron chi connectivity index (χ4n) is 4.52. The van der Waals surface area contributed by atoms with E-state index in [9.17, 15) is 4.79 Å². The summed E-state index contributed by atoms with van der Waals surface area (Å²) in [6.07, 6.45) is 2.03. The van der Waals surface area contributed by atoms with Crippen molar-refractivity contribution in [1.82, 2.24) is 15.2 Å². The van der Waals surface area contributed by atoms with E-state index in [-0.39, 0.29) is 24.4 Å². The maximum atomic E-state index is 12.8. The molecule has 5 rings (SSSR count). The van der Waals surface area contributed by atoms with Crippen LogP contribution in [0.4, 0.5) is 5.69 Å². The topological polar surface area (TPSA) is 70.4 Å². The number of hydrogen-bond donors (Lipinski definition) is 2. The van der Waals surface area contributed by atoms with Crippen LogP contribution in [0.1, 0.15) is 41.1 Å². The summed E-state index contributed by atoms with van der Waals surface area (Å²) in [6.45, 7) is 4.36. The molecule has 0 unspecified atom stereocenters. The third-order valence-corrected chi connectivity index (χ3v) is 7.33. The molecule has 2 atom stereocenters. The molecule has 188 valence electrons. The Morgan fingerprint density at radius 3 is 2.65 bits per heavy atom. The summed E-state index contributed by atoms with van der Waals surface area (Å²) >= 11 is 12.1. The van der Waals surface area contributed by atoms with Crippen LogP contribution >= 0.6 is 23.8 Å². The first-order chi connectivity index (χ1) is 17.9. The first kappa shape index (κ1) is 25.0. The zero-order valence-corrected chi connectivity index (χ0v) is 22.1. The molecule has 1 saturated heterocycles. The van der Waals surface area contributed by atoms with Gasteiger partial charge in [0.05, 0.1) is 11.7 Å². The van der Waals surface area contributed by atoms with Crippen molar-refractivity contribution in [1.29, 1.82) is 0 Å². The molecule has 0 bridgehead atoms. The number of para-hydroxylation sites is 1. The van der Waals surface area contributed by atoms with Gasteiger partial charge in [-0.3, -0.25) is 9.78 Å². The monoisotopic (exact) mass is 530 g/mol. The van der Waals surface area contributed by atoms with E-state index in [1.807, 2.05) is 91.5 Å². The number of aryl methyl sites for hydroxylation is 2. The lowest BCUT2D eigenvalue weighted by Crippen LogP contribution is -2.32. The van der Waals surface area contributed by atoms with Gasteiger partial charge in [-0.05, 0) is 73.6 Å². The first-order valence-electron chi connectivity index (χ1n) is 12.1. The fraction of sp³-hybridized carbons (Fsp3) is 0.207. The van der Waals surface area contributed by atoms with Gasteiger partial charge in [-0.2, -0.15) is 0 Å². The molecule has 1 aliphatic rings. The molecular weight excluding hydrogens is 504 g/mol. The number of amides is 1. The standard InChI is InChI=1S/C29H27ClN4O2S/c1-18-10-11-20(17-21(18)30)24-12-13-25(36-24)28-27(23-9-5-6-15-31-23)33-29(37)34(28)16-14-26(35)32-22-8-4-3-7-19(22)2/h3-13,15,17,27-28H,14,16H2,1-2H3,(H,32,35)(H,33,37)/t27-,28+/m0/s1. The number of carbonyl (C=O) groups is 1. The molecular formula is C29H27ClN4O2S. The zero-order chi connectivity index (χ0) is 25.9. The quantitative estimate of drug-likeness (QED) is 0.262. The third-order valence-electron chi connectivity index (χ3n) is 6.57. The molecule has 2 aromatic heterocycles. The highest BCUT2D eigenvalue weighted by atomic mass is 35.5. The van der Waals surface area contributed by atoms with Crippen LogP contribution in [0.5, 0.6) is 0 Å². The summed E-state index contributed by atoms with van der Waals surface area (Å²) < 4.78 is 6.37. The predicted molar refractivity (Wildman–Crippen MR) is 150 cm³/mol. The summed E-state index contributed by atoms with van der Waals surface area (Å²) in [4.78, 5) is 19.4. The number of halogens is 1. The fourth-order valence-corrected chi connectivity index (χ4v) is 5.03. The number of aromatic nitrogens is 1. The Hall–Kier alpha value is -3.68. The number of hydrogen-bond acceptors (Lipinski definition) is 4. The van der Waals surface area contributed by atoms with Crippen molar-refractivity contribution in [3.8, 4) is 11.3 Å². The van der Waals surface area contributed by atoms with Crippen LogP contribution in [-0.4, -0.2) is 27.4 Å². The van der Waals surface area contributed by atoms with Gasteiger partial charge < -0.3 is 20.0 Å². The van der Waals surface area contributed by atoms with Gasteiger partial charge >= 0.3 is 0 Å². The molecule has 0 radical (unpaired) electrons. The smallest absolute Gasteiger partial charge is 0.226 e. The largest absolute Gasteiger partial charge is 0.459 e. The molecule has 1 fully saturated rings. The lowest BCUT2D eigenvalue weighted by Gasteiger charge is -2.26. The lowest BCUT2D eigenvalue weighted by atomic mass is 10.0. The van der Waals surface area contributed by atoms with Gasteiger partial charge in [0, 0.05) is 35.4 Å². The summed E-state index contributed by atoms with van der Waals surface area (Å²) in [5.41, 5.74) is 4.58. The normalized spacial score (nSPS) is 17.1. The first-order valence-corrected chi connectivity index (χ1v) is 12.9. The highest BCUT2D eigenvalue weighted by molar-refractivity contribution is 7.80. The van der Waals surface area contributed by atoms with Crippen LogP contribution in [0.3, 0.4) is 0 Å². The lowest BCUT2D eigenvalue weighted by molar-refractivity contribution is -0.116. The van der Waals surface area contributed by atoms with E-state index in [2.05, 4.69) is 15.6 Å². The molecule has 0 spiro atoms. The Balaban J connectivity index is 1.41. The molecule has 4 aromatic rings. The molecule has 1 aliphatic heterocycles. The molecule has 6 nitrogen and oxygen atoms in total. The van der Waals surface area contributed by atoms with E-state index >= 15 is 0 Å². The Morgan fingerprint density at radius 2 is 1.89 bits per heavy atom. The van der Waals surface area contributed by atoms with Crippen molar-refractivity contribution in [2.45, 2.75) is 32.4 Å². The Labute approximate surface area is 226 Å². The van der Waals surface area contributed by atoms with E-state index in [0.29, 0.717) is 22.4 Å².